The molecule has 5 N–H and O–H groups in total. The number of amides is 4. The van der Waals surface area contributed by atoms with E-state index in [-0.39, 0.29) is 45.7 Å². The number of ether oxygens (including phenoxy) is 5. The first-order valence-corrected chi connectivity index (χ1v) is 16.7. The fraction of sp³-hybridized carbons (Fsp3) is 0.618. The van der Waals surface area contributed by atoms with Crippen molar-refractivity contribution in [1.29, 1.82) is 0 Å². The molecule has 0 heterocycles. The van der Waals surface area contributed by atoms with Crippen LogP contribution in [-0.2, 0) is 44.7 Å². The van der Waals surface area contributed by atoms with Gasteiger partial charge in [-0.1, -0.05) is 38.1 Å². The van der Waals surface area contributed by atoms with Gasteiger partial charge < -0.3 is 50.1 Å². The molecule has 5 atom stereocenters. The zero-order valence-electron chi connectivity index (χ0n) is 28.4. The second kappa shape index (κ2) is 21.0. The van der Waals surface area contributed by atoms with E-state index in [2.05, 4.69) is 33.4 Å². The van der Waals surface area contributed by atoms with E-state index in [4.69, 9.17) is 28.8 Å². The third-order valence-corrected chi connectivity index (χ3v) is 8.25. The Morgan fingerprint density at radius 3 is 2.16 bits per heavy atom. The van der Waals surface area contributed by atoms with Crippen LogP contribution in [0.3, 0.4) is 0 Å². The van der Waals surface area contributed by atoms with Gasteiger partial charge in [-0.05, 0) is 74.0 Å². The van der Waals surface area contributed by atoms with Crippen LogP contribution < -0.4 is 21.3 Å². The summed E-state index contributed by atoms with van der Waals surface area (Å²) in [5.41, 5.74) is 1.27. The van der Waals surface area contributed by atoms with Crippen LogP contribution in [0.1, 0.15) is 52.0 Å². The summed E-state index contributed by atoms with van der Waals surface area (Å²) in [6.45, 7) is 5.51. The molecule has 15 heteroatoms. The topological polar surface area (TPSA) is 200 Å². The molecule has 0 bridgehead atoms. The van der Waals surface area contributed by atoms with Gasteiger partial charge in [-0.15, -0.1) is 0 Å². The highest BCUT2D eigenvalue weighted by Gasteiger charge is 2.49. The highest BCUT2D eigenvalue weighted by molar-refractivity contribution is 5.98. The van der Waals surface area contributed by atoms with E-state index in [0.717, 1.165) is 31.2 Å². The van der Waals surface area contributed by atoms with Crippen molar-refractivity contribution in [3.8, 4) is 0 Å². The maximum atomic E-state index is 12.9. The molecular formula is C34H50N4O11. The molecular weight excluding hydrogens is 640 g/mol. The lowest BCUT2D eigenvalue weighted by Crippen LogP contribution is -2.53. The standard InChI is InChI=1S/C34H50N4O11/c1-22(2)30(32(42)36-23(3)31(41)37-25-12-10-24(11-13-25)18-46-21-47-20-29(39)40)38-34(44)48-17-16-45-15-14-35-33(43)49-19-28-26-8-6-4-5-7-9-27(26)28/h4-5,10-13,22-23,26-28,30H,6-9,14-21H2,1-3H3,(H,35,43)(H,36,42)(H,37,41)(H,38,44)(H,39,40)/t23-,26-,27+,28?,30-/m0/s1. The van der Waals surface area contributed by atoms with Crippen molar-refractivity contribution in [2.75, 3.05) is 51.7 Å². The Morgan fingerprint density at radius 1 is 0.816 bits per heavy atom. The molecule has 49 heavy (non-hydrogen) atoms. The minimum Gasteiger partial charge on any atom is -0.480 e. The summed E-state index contributed by atoms with van der Waals surface area (Å²) >= 11 is 0. The molecule has 2 aliphatic carbocycles. The molecule has 0 aromatic heterocycles. The molecule has 0 radical (unpaired) electrons. The molecule has 3 rings (SSSR count). The predicted octanol–water partition coefficient (Wildman–Crippen LogP) is 3.19. The number of carbonyl (C=O) groups excluding carboxylic acids is 4. The third kappa shape index (κ3) is 14.8. The van der Waals surface area contributed by atoms with Gasteiger partial charge in [-0.3, -0.25) is 9.59 Å². The van der Waals surface area contributed by atoms with E-state index in [1.807, 2.05) is 0 Å². The Kier molecular flexibility index (Phi) is 16.8. The van der Waals surface area contributed by atoms with E-state index in [9.17, 15) is 24.0 Å². The lowest BCUT2D eigenvalue weighted by Gasteiger charge is -2.23. The van der Waals surface area contributed by atoms with Gasteiger partial charge in [-0.25, -0.2) is 14.4 Å². The van der Waals surface area contributed by atoms with Crippen LogP contribution in [0, 0.1) is 23.7 Å². The summed E-state index contributed by atoms with van der Waals surface area (Å²) in [7, 11) is 0. The van der Waals surface area contributed by atoms with Crippen LogP contribution in [0.2, 0.25) is 0 Å². The molecule has 2 aliphatic rings. The summed E-state index contributed by atoms with van der Waals surface area (Å²) < 4.78 is 26.0. The minimum absolute atomic E-state index is 0.0652. The van der Waals surface area contributed by atoms with Crippen molar-refractivity contribution in [2.45, 2.75) is 65.1 Å². The quantitative estimate of drug-likeness (QED) is 0.0765. The second-order valence-electron chi connectivity index (χ2n) is 12.4. The predicted molar refractivity (Wildman–Crippen MR) is 177 cm³/mol. The number of rotatable bonds is 20. The van der Waals surface area contributed by atoms with Crippen molar-refractivity contribution in [2.24, 2.45) is 23.7 Å². The number of anilines is 1. The summed E-state index contributed by atoms with van der Waals surface area (Å²) in [5.74, 6) is -0.632. The fourth-order valence-corrected chi connectivity index (χ4v) is 5.54. The number of hydrogen-bond acceptors (Lipinski definition) is 10. The lowest BCUT2D eigenvalue weighted by atomic mass is 10.0. The maximum Gasteiger partial charge on any atom is 0.407 e. The number of carboxylic acids is 1. The Bertz CT molecular complexity index is 1240. The van der Waals surface area contributed by atoms with Gasteiger partial charge >= 0.3 is 18.2 Å². The Labute approximate surface area is 286 Å². The summed E-state index contributed by atoms with van der Waals surface area (Å²) in [5, 5.41) is 19.1. The summed E-state index contributed by atoms with van der Waals surface area (Å²) in [6, 6.07) is 4.89. The first-order chi connectivity index (χ1) is 23.5. The van der Waals surface area contributed by atoms with Gasteiger partial charge in [-0.2, -0.15) is 0 Å². The monoisotopic (exact) mass is 690 g/mol. The maximum absolute atomic E-state index is 12.9. The number of aliphatic carboxylic acids is 1. The van der Waals surface area contributed by atoms with Crippen LogP contribution in [0.25, 0.3) is 0 Å². The van der Waals surface area contributed by atoms with E-state index in [0.29, 0.717) is 30.0 Å². The number of hydrogen-bond donors (Lipinski definition) is 5. The number of carbonyl (C=O) groups is 5. The van der Waals surface area contributed by atoms with Crippen LogP contribution >= 0.6 is 0 Å². The van der Waals surface area contributed by atoms with E-state index < -0.39 is 48.7 Å². The minimum atomic E-state index is -1.09. The first kappa shape index (κ1) is 39.2. The van der Waals surface area contributed by atoms with Crippen molar-refractivity contribution >= 4 is 35.7 Å². The van der Waals surface area contributed by atoms with Crippen molar-refractivity contribution in [3.05, 3.63) is 42.0 Å². The first-order valence-electron chi connectivity index (χ1n) is 16.7. The molecule has 0 aliphatic heterocycles. The molecule has 1 aromatic rings. The number of benzene rings is 1. The zero-order valence-corrected chi connectivity index (χ0v) is 28.4. The normalized spacial score (nSPS) is 19.3. The van der Waals surface area contributed by atoms with Gasteiger partial charge in [0.2, 0.25) is 11.8 Å². The number of alkyl carbamates (subject to hydrolysis) is 2. The molecule has 0 spiro atoms. The molecule has 1 unspecified atom stereocenters. The Hall–Kier alpha value is -4.21. The highest BCUT2D eigenvalue weighted by Crippen LogP contribution is 2.52. The van der Waals surface area contributed by atoms with Gasteiger partial charge in [0, 0.05) is 12.2 Å². The van der Waals surface area contributed by atoms with E-state index in [1.54, 1.807) is 38.1 Å². The van der Waals surface area contributed by atoms with Gasteiger partial charge in [0.05, 0.1) is 26.4 Å². The number of fused-ring (bicyclic) bond motifs is 1. The lowest BCUT2D eigenvalue weighted by molar-refractivity contribution is -0.148. The summed E-state index contributed by atoms with van der Waals surface area (Å²) in [6.07, 6.45) is 7.69. The van der Waals surface area contributed by atoms with Crippen molar-refractivity contribution < 1.29 is 52.8 Å². The van der Waals surface area contributed by atoms with Gasteiger partial charge in [0.1, 0.15) is 32.1 Å². The molecule has 1 saturated carbocycles. The average molecular weight is 691 g/mol. The van der Waals surface area contributed by atoms with Crippen molar-refractivity contribution in [1.82, 2.24) is 16.0 Å². The highest BCUT2D eigenvalue weighted by atomic mass is 16.7. The van der Waals surface area contributed by atoms with Crippen LogP contribution in [0.15, 0.2) is 36.4 Å². The molecule has 0 saturated heterocycles. The average Bonchev–Trinajstić information content (AvgIpc) is 3.70. The molecule has 15 nitrogen and oxygen atoms in total. The smallest absolute Gasteiger partial charge is 0.407 e. The largest absolute Gasteiger partial charge is 0.480 e. The molecule has 4 amide bonds. The third-order valence-electron chi connectivity index (χ3n) is 8.25. The molecule has 1 fully saturated rings. The number of carboxylic acid groups (broad SMARTS) is 1. The summed E-state index contributed by atoms with van der Waals surface area (Å²) in [4.78, 5) is 60.4. The van der Waals surface area contributed by atoms with E-state index in [1.165, 1.54) is 6.92 Å². The van der Waals surface area contributed by atoms with E-state index >= 15 is 0 Å². The van der Waals surface area contributed by atoms with Crippen molar-refractivity contribution in [3.63, 3.8) is 0 Å². The molecule has 1 aromatic carbocycles. The fourth-order valence-electron chi connectivity index (χ4n) is 5.54. The Morgan fingerprint density at radius 2 is 1.51 bits per heavy atom. The SMILES string of the molecule is CC(C)[C@H](NC(=O)OCCOCCNC(=O)OCC1[C@H]2CCC=CCC[C@@H]12)C(=O)N[C@@H](C)C(=O)Nc1ccc(COCOCC(=O)O)cc1. The van der Waals surface area contributed by atoms with Crippen LogP contribution in [0.4, 0.5) is 15.3 Å². The number of allylic oxidation sites excluding steroid dienone is 2. The van der Waals surface area contributed by atoms with Crippen LogP contribution in [-0.4, -0.2) is 93.5 Å². The molecule has 272 valence electrons. The van der Waals surface area contributed by atoms with Gasteiger partial charge in [0.25, 0.3) is 0 Å². The second-order valence-corrected chi connectivity index (χ2v) is 12.4. The zero-order chi connectivity index (χ0) is 35.6. The van der Waals surface area contributed by atoms with Gasteiger partial charge in [0.15, 0.2) is 0 Å². The number of nitrogens with one attached hydrogen (secondary N) is 4. The Balaban J connectivity index is 1.25. The van der Waals surface area contributed by atoms with Crippen LogP contribution in [0.5, 0.6) is 0 Å².